The number of nitrogens with one attached hydrogen (secondary N) is 1. The summed E-state index contributed by atoms with van der Waals surface area (Å²) in [7, 11) is 1.59. The number of carbonyl (C=O) groups is 3. The van der Waals surface area contributed by atoms with Gasteiger partial charge in [-0.3, -0.25) is 14.4 Å². The molecule has 1 N–H and O–H groups in total. The van der Waals surface area contributed by atoms with Gasteiger partial charge in [0.1, 0.15) is 11.2 Å². The largest absolute Gasteiger partial charge is 0.496 e. The van der Waals surface area contributed by atoms with Crippen molar-refractivity contribution in [3.05, 3.63) is 29.8 Å². The first kappa shape index (κ1) is 18.2. The number of nitrogens with zero attached hydrogens (tertiary/aromatic N) is 2. The Labute approximate surface area is 153 Å². The van der Waals surface area contributed by atoms with Gasteiger partial charge >= 0.3 is 0 Å². The summed E-state index contributed by atoms with van der Waals surface area (Å²) < 4.78 is 5.29. The quantitative estimate of drug-likeness (QED) is 0.788. The minimum atomic E-state index is -0.930. The van der Waals surface area contributed by atoms with Gasteiger partial charge in [-0.2, -0.15) is 0 Å². The number of rotatable bonds is 5. The molecule has 0 atom stereocenters. The molecule has 26 heavy (non-hydrogen) atoms. The van der Waals surface area contributed by atoms with Crippen LogP contribution in [0.5, 0.6) is 5.75 Å². The number of para-hydroxylation sites is 1. The van der Waals surface area contributed by atoms with Gasteiger partial charge < -0.3 is 19.9 Å². The van der Waals surface area contributed by atoms with E-state index in [1.54, 1.807) is 16.9 Å². The van der Waals surface area contributed by atoms with Gasteiger partial charge in [0, 0.05) is 45.2 Å². The first-order valence-electron chi connectivity index (χ1n) is 8.93. The molecule has 0 unspecified atom stereocenters. The molecule has 3 amide bonds. The van der Waals surface area contributed by atoms with E-state index in [0.29, 0.717) is 51.3 Å². The second-order valence-electron chi connectivity index (χ2n) is 6.87. The van der Waals surface area contributed by atoms with Crippen LogP contribution < -0.4 is 10.1 Å². The van der Waals surface area contributed by atoms with Crippen molar-refractivity contribution >= 4 is 17.7 Å². The standard InChI is InChI=1S/C19H25N3O4/c1-14(23)21-9-11-22(12-10-21)18(25)19(7-8-19)17(24)20-13-15-5-3-4-6-16(15)26-2/h3-6H,7-13H2,1-2H3,(H,20,24). The van der Waals surface area contributed by atoms with Gasteiger partial charge in [0.15, 0.2) is 0 Å². The first-order chi connectivity index (χ1) is 12.5. The monoisotopic (exact) mass is 359 g/mol. The number of hydrogen-bond donors (Lipinski definition) is 1. The summed E-state index contributed by atoms with van der Waals surface area (Å²) in [6, 6.07) is 7.49. The summed E-state index contributed by atoms with van der Waals surface area (Å²) in [6.07, 6.45) is 1.16. The van der Waals surface area contributed by atoms with E-state index >= 15 is 0 Å². The predicted molar refractivity (Wildman–Crippen MR) is 95.3 cm³/mol. The van der Waals surface area contributed by atoms with E-state index in [1.165, 1.54) is 6.92 Å². The second-order valence-corrected chi connectivity index (χ2v) is 6.87. The van der Waals surface area contributed by atoms with Crippen LogP contribution in [0.25, 0.3) is 0 Å². The minimum absolute atomic E-state index is 0.0211. The molecular formula is C19H25N3O4. The molecule has 1 saturated carbocycles. The Morgan fingerprint density at radius 3 is 2.27 bits per heavy atom. The lowest BCUT2D eigenvalue weighted by atomic mass is 10.0. The highest BCUT2D eigenvalue weighted by atomic mass is 16.5. The third-order valence-electron chi connectivity index (χ3n) is 5.24. The molecule has 7 nitrogen and oxygen atoms in total. The number of piperazine rings is 1. The van der Waals surface area contributed by atoms with Crippen LogP contribution in [-0.4, -0.2) is 60.8 Å². The molecule has 3 rings (SSSR count). The molecule has 1 aromatic rings. The molecule has 2 fully saturated rings. The topological polar surface area (TPSA) is 79.0 Å². The van der Waals surface area contributed by atoms with Crippen LogP contribution in [0.4, 0.5) is 0 Å². The minimum Gasteiger partial charge on any atom is -0.496 e. The van der Waals surface area contributed by atoms with Crippen molar-refractivity contribution in [2.24, 2.45) is 5.41 Å². The van der Waals surface area contributed by atoms with Crippen LogP contribution in [0, 0.1) is 5.41 Å². The maximum absolute atomic E-state index is 12.9. The number of amides is 3. The number of ether oxygens (including phenoxy) is 1. The number of carbonyl (C=O) groups excluding carboxylic acids is 3. The lowest BCUT2D eigenvalue weighted by molar-refractivity contribution is -0.147. The molecule has 0 aromatic heterocycles. The summed E-state index contributed by atoms with van der Waals surface area (Å²) in [5, 5.41) is 2.89. The van der Waals surface area contributed by atoms with E-state index in [4.69, 9.17) is 4.74 Å². The molecule has 2 aliphatic rings. The van der Waals surface area contributed by atoms with Crippen LogP contribution >= 0.6 is 0 Å². The van der Waals surface area contributed by atoms with Crippen LogP contribution in [0.1, 0.15) is 25.3 Å². The van der Waals surface area contributed by atoms with E-state index in [0.717, 1.165) is 5.56 Å². The van der Waals surface area contributed by atoms with E-state index in [-0.39, 0.29) is 17.7 Å². The molecule has 1 aliphatic heterocycles. The van der Waals surface area contributed by atoms with Crippen molar-refractivity contribution in [2.75, 3.05) is 33.3 Å². The average Bonchev–Trinajstić information content (AvgIpc) is 3.47. The van der Waals surface area contributed by atoms with Crippen LogP contribution in [0.15, 0.2) is 24.3 Å². The second kappa shape index (κ2) is 7.35. The van der Waals surface area contributed by atoms with Crippen molar-refractivity contribution in [1.82, 2.24) is 15.1 Å². The summed E-state index contributed by atoms with van der Waals surface area (Å²) >= 11 is 0. The Bertz CT molecular complexity index is 706. The Morgan fingerprint density at radius 2 is 1.69 bits per heavy atom. The molecule has 140 valence electrons. The highest BCUT2D eigenvalue weighted by molar-refractivity contribution is 6.07. The highest BCUT2D eigenvalue weighted by Crippen LogP contribution is 2.47. The van der Waals surface area contributed by atoms with E-state index in [1.807, 2.05) is 24.3 Å². The van der Waals surface area contributed by atoms with Crippen molar-refractivity contribution in [3.8, 4) is 5.75 Å². The molecule has 0 spiro atoms. The molecule has 0 radical (unpaired) electrons. The average molecular weight is 359 g/mol. The Hall–Kier alpha value is -2.57. The number of benzene rings is 1. The van der Waals surface area contributed by atoms with Gasteiger partial charge in [-0.15, -0.1) is 0 Å². The van der Waals surface area contributed by atoms with Crippen LogP contribution in [-0.2, 0) is 20.9 Å². The molecule has 1 aliphatic carbocycles. The van der Waals surface area contributed by atoms with Gasteiger partial charge in [0.2, 0.25) is 17.7 Å². The number of methoxy groups -OCH3 is 1. The van der Waals surface area contributed by atoms with E-state index in [2.05, 4.69) is 5.32 Å². The van der Waals surface area contributed by atoms with Gasteiger partial charge in [0.05, 0.1) is 7.11 Å². The Kier molecular flexibility index (Phi) is 5.15. The van der Waals surface area contributed by atoms with Gasteiger partial charge in [-0.25, -0.2) is 0 Å². The third kappa shape index (κ3) is 3.52. The maximum Gasteiger partial charge on any atom is 0.238 e. The smallest absolute Gasteiger partial charge is 0.238 e. The van der Waals surface area contributed by atoms with E-state index in [9.17, 15) is 14.4 Å². The fourth-order valence-corrected chi connectivity index (χ4v) is 3.38. The zero-order valence-corrected chi connectivity index (χ0v) is 15.3. The Morgan fingerprint density at radius 1 is 1.08 bits per heavy atom. The van der Waals surface area contributed by atoms with Gasteiger partial charge in [0.25, 0.3) is 0 Å². The normalized spacial score (nSPS) is 18.2. The lowest BCUT2D eigenvalue weighted by Crippen LogP contribution is -2.54. The first-order valence-corrected chi connectivity index (χ1v) is 8.93. The van der Waals surface area contributed by atoms with Crippen molar-refractivity contribution in [2.45, 2.75) is 26.3 Å². The molecule has 1 heterocycles. The summed E-state index contributed by atoms with van der Waals surface area (Å²) in [4.78, 5) is 40.4. The third-order valence-corrected chi connectivity index (χ3v) is 5.24. The lowest BCUT2D eigenvalue weighted by Gasteiger charge is -2.35. The SMILES string of the molecule is COc1ccccc1CNC(=O)C1(C(=O)N2CCN(C(C)=O)CC2)CC1. The highest BCUT2D eigenvalue weighted by Gasteiger charge is 2.58. The zero-order valence-electron chi connectivity index (χ0n) is 15.3. The van der Waals surface area contributed by atoms with Gasteiger partial charge in [-0.1, -0.05) is 18.2 Å². The maximum atomic E-state index is 12.9. The predicted octanol–water partition coefficient (Wildman–Crippen LogP) is 0.782. The molecular weight excluding hydrogens is 334 g/mol. The van der Waals surface area contributed by atoms with Crippen molar-refractivity contribution in [3.63, 3.8) is 0 Å². The summed E-state index contributed by atoms with van der Waals surface area (Å²) in [5.41, 5.74) is -0.0536. The molecule has 1 saturated heterocycles. The molecule has 0 bridgehead atoms. The van der Waals surface area contributed by atoms with E-state index < -0.39 is 5.41 Å². The Balaban J connectivity index is 1.59. The van der Waals surface area contributed by atoms with Crippen molar-refractivity contribution in [1.29, 1.82) is 0 Å². The molecule has 7 heteroatoms. The molecule has 1 aromatic carbocycles. The van der Waals surface area contributed by atoms with Crippen LogP contribution in [0.2, 0.25) is 0 Å². The fraction of sp³-hybridized carbons (Fsp3) is 0.526. The zero-order chi connectivity index (χ0) is 18.7. The van der Waals surface area contributed by atoms with Gasteiger partial charge in [-0.05, 0) is 18.9 Å². The van der Waals surface area contributed by atoms with Crippen LogP contribution in [0.3, 0.4) is 0 Å². The summed E-state index contributed by atoms with van der Waals surface area (Å²) in [5.74, 6) is 0.401. The number of hydrogen-bond acceptors (Lipinski definition) is 4. The fourth-order valence-electron chi connectivity index (χ4n) is 3.38. The van der Waals surface area contributed by atoms with Crippen molar-refractivity contribution < 1.29 is 19.1 Å². The summed E-state index contributed by atoms with van der Waals surface area (Å²) in [6.45, 7) is 3.89.